The van der Waals surface area contributed by atoms with E-state index in [2.05, 4.69) is 16.0 Å². The third-order valence-corrected chi connectivity index (χ3v) is 4.48. The predicted molar refractivity (Wildman–Crippen MR) is 102 cm³/mol. The van der Waals surface area contributed by atoms with E-state index in [4.69, 9.17) is 11.6 Å². The molecule has 0 aliphatic carbocycles. The molecule has 1 heterocycles. The van der Waals surface area contributed by atoms with Gasteiger partial charge in [0.25, 0.3) is 5.91 Å². The van der Waals surface area contributed by atoms with Gasteiger partial charge in [-0.1, -0.05) is 11.6 Å². The number of likely N-dealkylation sites (tertiary alicyclic amines) is 1. The van der Waals surface area contributed by atoms with E-state index in [0.717, 1.165) is 0 Å². The third kappa shape index (κ3) is 5.53. The summed E-state index contributed by atoms with van der Waals surface area (Å²) in [5.74, 6) is -1.60. The van der Waals surface area contributed by atoms with E-state index >= 15 is 0 Å². The number of nitrogens with one attached hydrogen (secondary N) is 3. The number of halogens is 1. The monoisotopic (exact) mass is 408 g/mol. The van der Waals surface area contributed by atoms with Gasteiger partial charge in [-0.25, -0.2) is 0 Å². The van der Waals surface area contributed by atoms with Crippen LogP contribution < -0.4 is 16.0 Å². The van der Waals surface area contributed by atoms with Crippen molar-refractivity contribution in [3.8, 4) is 0 Å². The summed E-state index contributed by atoms with van der Waals surface area (Å²) in [6.07, 6.45) is 1.73. The molecule has 0 aromatic heterocycles. The van der Waals surface area contributed by atoms with Crippen LogP contribution in [-0.2, 0) is 19.2 Å². The fraction of sp³-hybridized carbons (Fsp3) is 0.389. The molecule has 2 rings (SSSR count). The maximum absolute atomic E-state index is 12.4. The Bertz CT molecular complexity index is 798. The second-order valence-corrected chi connectivity index (χ2v) is 6.62. The zero-order chi connectivity index (χ0) is 20.7. The molecule has 1 aliphatic heterocycles. The van der Waals surface area contributed by atoms with Crippen LogP contribution in [-0.4, -0.2) is 60.5 Å². The number of nitrogens with zero attached hydrogens (tertiary/aromatic N) is 1. The van der Waals surface area contributed by atoms with Gasteiger partial charge in [0.2, 0.25) is 17.7 Å². The second-order valence-electron chi connectivity index (χ2n) is 6.22. The largest absolute Gasteiger partial charge is 0.348 e. The van der Waals surface area contributed by atoms with Gasteiger partial charge in [0.1, 0.15) is 12.3 Å². The average Bonchev–Trinajstić information content (AvgIpc) is 3.13. The molecule has 0 radical (unpaired) electrons. The lowest BCUT2D eigenvalue weighted by Gasteiger charge is -2.23. The van der Waals surface area contributed by atoms with E-state index in [-0.39, 0.29) is 35.5 Å². The Kier molecular flexibility index (Phi) is 7.51. The molecule has 10 heteroatoms. The topological polar surface area (TPSA) is 125 Å². The Balaban J connectivity index is 1.94. The maximum atomic E-state index is 12.4. The summed E-state index contributed by atoms with van der Waals surface area (Å²) in [6.45, 7) is 1.35. The number of carbonyl (C=O) groups excluding carboxylic acids is 5. The van der Waals surface area contributed by atoms with Gasteiger partial charge in [-0.15, -0.1) is 0 Å². The SMILES string of the molecule is CC(=O)Nc1ccc(C(=O)NCC(=O)N2CCC[C@H]2C(=O)NCC=O)c(Cl)c1. The van der Waals surface area contributed by atoms with Crippen LogP contribution in [0.4, 0.5) is 5.69 Å². The second kappa shape index (κ2) is 9.84. The summed E-state index contributed by atoms with van der Waals surface area (Å²) in [5.41, 5.74) is 0.608. The number of anilines is 1. The molecule has 150 valence electrons. The Morgan fingerprint density at radius 3 is 2.64 bits per heavy atom. The number of carbonyl (C=O) groups is 5. The van der Waals surface area contributed by atoms with Crippen LogP contribution in [0.3, 0.4) is 0 Å². The number of benzene rings is 1. The van der Waals surface area contributed by atoms with Gasteiger partial charge >= 0.3 is 0 Å². The molecular weight excluding hydrogens is 388 g/mol. The average molecular weight is 409 g/mol. The summed E-state index contributed by atoms with van der Waals surface area (Å²) in [7, 11) is 0. The van der Waals surface area contributed by atoms with E-state index in [9.17, 15) is 24.0 Å². The first-order valence-electron chi connectivity index (χ1n) is 8.69. The molecule has 3 N–H and O–H groups in total. The van der Waals surface area contributed by atoms with Crippen molar-refractivity contribution in [2.24, 2.45) is 0 Å². The molecular formula is C18H21ClN4O5. The molecule has 1 saturated heterocycles. The van der Waals surface area contributed by atoms with Crippen molar-refractivity contribution in [2.45, 2.75) is 25.8 Å². The molecule has 0 spiro atoms. The normalized spacial score (nSPS) is 15.6. The molecule has 28 heavy (non-hydrogen) atoms. The summed E-state index contributed by atoms with van der Waals surface area (Å²) < 4.78 is 0. The van der Waals surface area contributed by atoms with Crippen LogP contribution in [0.5, 0.6) is 0 Å². The zero-order valence-corrected chi connectivity index (χ0v) is 16.0. The van der Waals surface area contributed by atoms with Crippen molar-refractivity contribution >= 4 is 47.2 Å². The number of hydrogen-bond acceptors (Lipinski definition) is 5. The quantitative estimate of drug-likeness (QED) is 0.561. The molecule has 1 aliphatic rings. The molecule has 9 nitrogen and oxygen atoms in total. The minimum absolute atomic E-state index is 0.110. The Labute approximate surface area is 166 Å². The third-order valence-electron chi connectivity index (χ3n) is 4.17. The summed E-state index contributed by atoms with van der Waals surface area (Å²) >= 11 is 6.07. The highest BCUT2D eigenvalue weighted by molar-refractivity contribution is 6.34. The minimum Gasteiger partial charge on any atom is -0.348 e. The highest BCUT2D eigenvalue weighted by atomic mass is 35.5. The summed E-state index contributed by atoms with van der Waals surface area (Å²) in [4.78, 5) is 59.6. The summed E-state index contributed by atoms with van der Waals surface area (Å²) in [6, 6.07) is 3.76. The standard InChI is InChI=1S/C18H21ClN4O5/c1-11(25)22-12-4-5-13(14(19)9-12)17(27)21-10-16(26)23-7-2-3-15(23)18(28)20-6-8-24/h4-5,8-9,15H,2-3,6-7,10H2,1H3,(H,20,28)(H,21,27)(H,22,25)/t15-/m0/s1. The lowest BCUT2D eigenvalue weighted by Crippen LogP contribution is -2.49. The van der Waals surface area contributed by atoms with Crippen molar-refractivity contribution in [3.63, 3.8) is 0 Å². The maximum Gasteiger partial charge on any atom is 0.253 e. The van der Waals surface area contributed by atoms with Crippen LogP contribution in [0.15, 0.2) is 18.2 Å². The van der Waals surface area contributed by atoms with Gasteiger partial charge in [-0.2, -0.15) is 0 Å². The fourth-order valence-electron chi connectivity index (χ4n) is 2.93. The van der Waals surface area contributed by atoms with E-state index in [1.807, 2.05) is 0 Å². The Morgan fingerprint density at radius 1 is 1.25 bits per heavy atom. The van der Waals surface area contributed by atoms with Gasteiger partial charge in [-0.3, -0.25) is 19.2 Å². The van der Waals surface area contributed by atoms with Crippen LogP contribution in [0, 0.1) is 0 Å². The Morgan fingerprint density at radius 2 is 2.00 bits per heavy atom. The van der Waals surface area contributed by atoms with Gasteiger partial charge < -0.3 is 25.6 Å². The lowest BCUT2D eigenvalue weighted by atomic mass is 10.2. The van der Waals surface area contributed by atoms with Gasteiger partial charge in [0, 0.05) is 19.2 Å². The van der Waals surface area contributed by atoms with E-state index < -0.39 is 17.9 Å². The van der Waals surface area contributed by atoms with E-state index in [1.54, 1.807) is 0 Å². The molecule has 1 atom stereocenters. The first-order valence-corrected chi connectivity index (χ1v) is 9.07. The lowest BCUT2D eigenvalue weighted by molar-refractivity contribution is -0.137. The van der Waals surface area contributed by atoms with Crippen LogP contribution in [0.2, 0.25) is 5.02 Å². The zero-order valence-electron chi connectivity index (χ0n) is 15.3. The van der Waals surface area contributed by atoms with Crippen LogP contribution in [0.25, 0.3) is 0 Å². The van der Waals surface area contributed by atoms with Crippen molar-refractivity contribution in [3.05, 3.63) is 28.8 Å². The number of aldehydes is 1. The van der Waals surface area contributed by atoms with E-state index in [1.165, 1.54) is 30.0 Å². The smallest absolute Gasteiger partial charge is 0.253 e. The first kappa shape index (κ1) is 21.4. The number of amides is 4. The fourth-order valence-corrected chi connectivity index (χ4v) is 3.20. The predicted octanol–water partition coefficient (Wildman–Crippen LogP) is 0.334. The highest BCUT2D eigenvalue weighted by Gasteiger charge is 2.33. The van der Waals surface area contributed by atoms with E-state index in [0.29, 0.717) is 31.4 Å². The first-order chi connectivity index (χ1) is 13.3. The Hall–Kier alpha value is -2.94. The number of hydrogen-bond donors (Lipinski definition) is 3. The molecule has 1 fully saturated rings. The van der Waals surface area contributed by atoms with Crippen LogP contribution in [0.1, 0.15) is 30.1 Å². The molecule has 4 amide bonds. The van der Waals surface area contributed by atoms with Crippen molar-refractivity contribution in [2.75, 3.05) is 25.0 Å². The highest BCUT2D eigenvalue weighted by Crippen LogP contribution is 2.21. The molecule has 0 unspecified atom stereocenters. The van der Waals surface area contributed by atoms with Gasteiger partial charge in [0.05, 0.1) is 23.7 Å². The molecule has 0 bridgehead atoms. The molecule has 0 saturated carbocycles. The minimum atomic E-state index is -0.648. The van der Waals surface area contributed by atoms with Crippen molar-refractivity contribution in [1.29, 1.82) is 0 Å². The molecule has 1 aromatic carbocycles. The van der Waals surface area contributed by atoms with Crippen molar-refractivity contribution < 1.29 is 24.0 Å². The van der Waals surface area contributed by atoms with Gasteiger partial charge in [-0.05, 0) is 31.0 Å². The molecule has 1 aromatic rings. The summed E-state index contributed by atoms with van der Waals surface area (Å²) in [5, 5.41) is 7.61. The van der Waals surface area contributed by atoms with Crippen molar-refractivity contribution in [1.82, 2.24) is 15.5 Å². The van der Waals surface area contributed by atoms with Crippen LogP contribution >= 0.6 is 11.6 Å². The van der Waals surface area contributed by atoms with Gasteiger partial charge in [0.15, 0.2) is 0 Å². The number of rotatable bonds is 7.